The lowest BCUT2D eigenvalue weighted by Gasteiger charge is -2.32. The van der Waals surface area contributed by atoms with Gasteiger partial charge in [-0.05, 0) is 124 Å². The molecule has 0 fully saturated rings. The van der Waals surface area contributed by atoms with Crippen molar-refractivity contribution in [3.8, 4) is 22.3 Å². The van der Waals surface area contributed by atoms with Gasteiger partial charge in [0.2, 0.25) is 0 Å². The fourth-order valence-electron chi connectivity index (χ4n) is 8.30. The van der Waals surface area contributed by atoms with Gasteiger partial charge in [0.15, 0.2) is 0 Å². The largest absolute Gasteiger partial charge is 0.310 e. The molecular formula is C43H39N. The molecule has 1 nitrogen and oxygen atoms in total. The van der Waals surface area contributed by atoms with Gasteiger partial charge in [-0.15, -0.1) is 0 Å². The Hall–Kier alpha value is -4.62. The summed E-state index contributed by atoms with van der Waals surface area (Å²) in [6.45, 7) is 11.6. The molecule has 0 unspecified atom stereocenters. The van der Waals surface area contributed by atoms with E-state index in [1.807, 2.05) is 0 Å². The summed E-state index contributed by atoms with van der Waals surface area (Å²) in [5.41, 5.74) is 16.0. The lowest BCUT2D eigenvalue weighted by Crippen LogP contribution is -2.23. The highest BCUT2D eigenvalue weighted by Crippen LogP contribution is 2.55. The predicted molar refractivity (Wildman–Crippen MR) is 188 cm³/mol. The highest BCUT2D eigenvalue weighted by atomic mass is 15.1. The van der Waals surface area contributed by atoms with E-state index < -0.39 is 0 Å². The Bertz CT molecular complexity index is 2070. The number of hydrogen-bond donors (Lipinski definition) is 0. The minimum absolute atomic E-state index is 0.0306. The van der Waals surface area contributed by atoms with Crippen LogP contribution in [0.1, 0.15) is 68.4 Å². The number of rotatable bonds is 5. The lowest BCUT2D eigenvalue weighted by atomic mass is 9.74. The molecule has 44 heavy (non-hydrogen) atoms. The van der Waals surface area contributed by atoms with Crippen LogP contribution in [0.15, 0.2) is 121 Å². The van der Waals surface area contributed by atoms with Crippen LogP contribution in [0.2, 0.25) is 0 Å². The second-order valence-corrected chi connectivity index (χ2v) is 13.3. The number of fused-ring (bicyclic) bond motifs is 7. The van der Waals surface area contributed by atoms with E-state index in [0.717, 1.165) is 12.8 Å². The van der Waals surface area contributed by atoms with Crippen molar-refractivity contribution in [1.82, 2.24) is 0 Å². The number of aryl methyl sites for hydroxylation is 1. The fourth-order valence-corrected chi connectivity index (χ4v) is 8.30. The molecule has 2 aliphatic rings. The van der Waals surface area contributed by atoms with Crippen LogP contribution in [0, 0.1) is 6.92 Å². The molecule has 0 bridgehead atoms. The molecule has 0 atom stereocenters. The van der Waals surface area contributed by atoms with Gasteiger partial charge in [-0.25, -0.2) is 0 Å². The van der Waals surface area contributed by atoms with Gasteiger partial charge in [-0.2, -0.15) is 0 Å². The highest BCUT2D eigenvalue weighted by Gasteiger charge is 2.41. The van der Waals surface area contributed by atoms with E-state index in [0.29, 0.717) is 0 Å². The normalized spacial score (nSPS) is 15.0. The minimum Gasteiger partial charge on any atom is -0.310 e. The Morgan fingerprint density at radius 3 is 1.82 bits per heavy atom. The maximum absolute atomic E-state index is 2.49. The van der Waals surface area contributed by atoms with Crippen LogP contribution in [-0.4, -0.2) is 0 Å². The third-order valence-electron chi connectivity index (χ3n) is 10.8. The van der Waals surface area contributed by atoms with E-state index in [-0.39, 0.29) is 10.8 Å². The van der Waals surface area contributed by atoms with Crippen molar-refractivity contribution in [1.29, 1.82) is 0 Å². The summed E-state index contributed by atoms with van der Waals surface area (Å²) in [6, 6.07) is 45.9. The van der Waals surface area contributed by atoms with Gasteiger partial charge in [-0.1, -0.05) is 106 Å². The van der Waals surface area contributed by atoms with Crippen LogP contribution >= 0.6 is 0 Å². The minimum atomic E-state index is -0.0525. The number of nitrogens with zero attached hydrogens (tertiary/aromatic N) is 1. The van der Waals surface area contributed by atoms with E-state index in [2.05, 4.69) is 161 Å². The first-order valence-corrected chi connectivity index (χ1v) is 16.1. The Balaban J connectivity index is 1.34. The standard InChI is InChI=1S/C43H39N/c1-6-43(7-2)39-15-11-10-14-34(39)35-22-20-33(27-41(35)43)44(31-18-16-28(3)17-19-31)32-21-23-38-37(26-32)36-24-29-12-8-9-13-30(29)25-40(36)42(38,4)5/h8-27H,6-7H2,1-5H3. The predicted octanol–water partition coefficient (Wildman–Crippen LogP) is 12.0. The van der Waals surface area contributed by atoms with Gasteiger partial charge in [0, 0.05) is 27.9 Å². The van der Waals surface area contributed by atoms with Crippen molar-refractivity contribution in [2.24, 2.45) is 0 Å². The van der Waals surface area contributed by atoms with Crippen LogP contribution < -0.4 is 4.90 Å². The molecular weight excluding hydrogens is 530 g/mol. The topological polar surface area (TPSA) is 3.24 Å². The van der Waals surface area contributed by atoms with E-state index in [1.165, 1.54) is 77.9 Å². The zero-order chi connectivity index (χ0) is 30.2. The van der Waals surface area contributed by atoms with Crippen LogP contribution in [0.3, 0.4) is 0 Å². The molecule has 0 aliphatic heterocycles. The van der Waals surface area contributed by atoms with E-state index in [4.69, 9.17) is 0 Å². The molecule has 0 N–H and O–H groups in total. The van der Waals surface area contributed by atoms with E-state index in [9.17, 15) is 0 Å². The van der Waals surface area contributed by atoms with Gasteiger partial charge >= 0.3 is 0 Å². The van der Waals surface area contributed by atoms with Crippen molar-refractivity contribution in [3.05, 3.63) is 149 Å². The molecule has 6 aromatic rings. The third-order valence-corrected chi connectivity index (χ3v) is 10.8. The summed E-state index contributed by atoms with van der Waals surface area (Å²) in [6.07, 6.45) is 2.17. The van der Waals surface area contributed by atoms with Crippen LogP contribution in [0.4, 0.5) is 17.1 Å². The smallest absolute Gasteiger partial charge is 0.0468 e. The van der Waals surface area contributed by atoms with Crippen molar-refractivity contribution in [2.45, 2.75) is 58.3 Å². The second-order valence-electron chi connectivity index (χ2n) is 13.3. The number of benzene rings is 6. The van der Waals surface area contributed by atoms with Crippen molar-refractivity contribution in [3.63, 3.8) is 0 Å². The molecule has 0 spiro atoms. The molecule has 8 rings (SSSR count). The quantitative estimate of drug-likeness (QED) is 0.200. The molecule has 0 amide bonds. The average Bonchev–Trinajstić information content (AvgIpc) is 3.46. The van der Waals surface area contributed by atoms with Crippen molar-refractivity contribution >= 4 is 27.8 Å². The molecule has 0 heterocycles. The van der Waals surface area contributed by atoms with E-state index in [1.54, 1.807) is 0 Å². The zero-order valence-corrected chi connectivity index (χ0v) is 26.4. The highest BCUT2D eigenvalue weighted by molar-refractivity contribution is 5.95. The molecule has 2 aliphatic carbocycles. The Morgan fingerprint density at radius 1 is 0.477 bits per heavy atom. The van der Waals surface area contributed by atoms with Crippen LogP contribution in [0.25, 0.3) is 33.0 Å². The van der Waals surface area contributed by atoms with Crippen LogP contribution in [-0.2, 0) is 10.8 Å². The zero-order valence-electron chi connectivity index (χ0n) is 26.4. The van der Waals surface area contributed by atoms with Crippen molar-refractivity contribution < 1.29 is 0 Å². The van der Waals surface area contributed by atoms with Gasteiger partial charge in [0.05, 0.1) is 0 Å². The van der Waals surface area contributed by atoms with E-state index >= 15 is 0 Å². The maximum Gasteiger partial charge on any atom is 0.0468 e. The number of anilines is 3. The summed E-state index contributed by atoms with van der Waals surface area (Å²) in [5, 5.41) is 2.60. The Labute approximate surface area is 261 Å². The lowest BCUT2D eigenvalue weighted by molar-refractivity contribution is 0.490. The third kappa shape index (κ3) is 3.72. The molecule has 216 valence electrons. The first-order valence-electron chi connectivity index (χ1n) is 16.1. The van der Waals surface area contributed by atoms with Gasteiger partial charge < -0.3 is 4.90 Å². The first kappa shape index (κ1) is 27.0. The summed E-state index contributed by atoms with van der Waals surface area (Å²) in [5.74, 6) is 0. The molecule has 1 heteroatoms. The molecule has 0 saturated heterocycles. The molecule has 0 aromatic heterocycles. The fraction of sp³-hybridized carbons (Fsp3) is 0.209. The molecule has 0 radical (unpaired) electrons. The number of hydrogen-bond acceptors (Lipinski definition) is 1. The second kappa shape index (κ2) is 9.69. The van der Waals surface area contributed by atoms with Gasteiger partial charge in [0.25, 0.3) is 0 Å². The summed E-state index contributed by atoms with van der Waals surface area (Å²) < 4.78 is 0. The summed E-state index contributed by atoms with van der Waals surface area (Å²) in [7, 11) is 0. The molecule has 6 aromatic carbocycles. The van der Waals surface area contributed by atoms with Gasteiger partial charge in [0.1, 0.15) is 0 Å². The first-order chi connectivity index (χ1) is 21.4. The summed E-state index contributed by atoms with van der Waals surface area (Å²) >= 11 is 0. The SMILES string of the molecule is CCC1(CC)c2ccccc2-c2ccc(N(c3ccc(C)cc3)c3ccc4c(c3)-c3cc5ccccc5cc3C4(C)C)cc21. The maximum atomic E-state index is 2.49. The Morgan fingerprint density at radius 2 is 1.07 bits per heavy atom. The summed E-state index contributed by atoms with van der Waals surface area (Å²) in [4.78, 5) is 2.46. The average molecular weight is 570 g/mol. The monoisotopic (exact) mass is 569 g/mol. The Kier molecular flexibility index (Phi) is 5.94. The van der Waals surface area contributed by atoms with Crippen LogP contribution in [0.5, 0.6) is 0 Å². The van der Waals surface area contributed by atoms with Crippen molar-refractivity contribution in [2.75, 3.05) is 4.90 Å². The van der Waals surface area contributed by atoms with Gasteiger partial charge in [-0.3, -0.25) is 0 Å². The molecule has 0 saturated carbocycles.